The van der Waals surface area contributed by atoms with E-state index >= 15 is 0 Å². The number of Topliss-reactive ketones (excluding diaryl/α,β-unsaturated/α-hetero) is 1. The topological polar surface area (TPSA) is 35.5 Å². The van der Waals surface area contributed by atoms with Crippen LogP contribution in [0.15, 0.2) is 24.3 Å². The molecular formula is C17H24O3. The number of ether oxygens (including phenoxy) is 2. The van der Waals surface area contributed by atoms with Gasteiger partial charge in [-0.2, -0.15) is 0 Å². The largest absolute Gasteiger partial charge is 0.382 e. The fourth-order valence-corrected chi connectivity index (χ4v) is 2.82. The quantitative estimate of drug-likeness (QED) is 0.566. The van der Waals surface area contributed by atoms with E-state index in [1.54, 1.807) is 7.11 Å². The van der Waals surface area contributed by atoms with Crippen LogP contribution in [-0.2, 0) is 15.9 Å². The number of carbonyl (C=O) groups excluding carboxylic acids is 1. The van der Waals surface area contributed by atoms with Crippen LogP contribution in [0.5, 0.6) is 0 Å². The number of rotatable bonds is 7. The Labute approximate surface area is 121 Å². The average molecular weight is 276 g/mol. The summed E-state index contributed by atoms with van der Waals surface area (Å²) in [5.41, 5.74) is 2.16. The molecule has 0 aromatic heterocycles. The number of benzene rings is 1. The Morgan fingerprint density at radius 3 is 2.90 bits per heavy atom. The molecule has 3 heteroatoms. The Balaban J connectivity index is 1.82. The van der Waals surface area contributed by atoms with Gasteiger partial charge in [0.15, 0.2) is 5.78 Å². The number of carbonyl (C=O) groups is 1. The van der Waals surface area contributed by atoms with E-state index in [4.69, 9.17) is 9.47 Å². The molecule has 0 N–H and O–H groups in total. The first-order chi connectivity index (χ1) is 9.83. The Bertz CT molecular complexity index is 428. The van der Waals surface area contributed by atoms with Gasteiger partial charge in [0.2, 0.25) is 0 Å². The van der Waals surface area contributed by atoms with E-state index < -0.39 is 0 Å². The molecule has 0 amide bonds. The van der Waals surface area contributed by atoms with E-state index in [1.807, 2.05) is 18.2 Å². The number of methoxy groups -OCH3 is 1. The molecule has 0 aliphatic heterocycles. The van der Waals surface area contributed by atoms with Crippen molar-refractivity contribution in [1.82, 2.24) is 0 Å². The minimum absolute atomic E-state index is 0.171. The molecule has 2 rings (SSSR count). The van der Waals surface area contributed by atoms with Crippen molar-refractivity contribution in [1.29, 1.82) is 0 Å². The second-order valence-electron chi connectivity index (χ2n) is 5.36. The predicted molar refractivity (Wildman–Crippen MR) is 79.1 cm³/mol. The van der Waals surface area contributed by atoms with E-state index in [2.05, 4.69) is 6.07 Å². The van der Waals surface area contributed by atoms with Crippen LogP contribution in [0.25, 0.3) is 0 Å². The van der Waals surface area contributed by atoms with E-state index in [0.29, 0.717) is 19.0 Å². The lowest BCUT2D eigenvalue weighted by Crippen LogP contribution is -2.15. The van der Waals surface area contributed by atoms with Gasteiger partial charge in [-0.1, -0.05) is 24.3 Å². The first-order valence-corrected chi connectivity index (χ1v) is 7.51. The normalized spacial score (nSPS) is 18.6. The molecule has 110 valence electrons. The zero-order chi connectivity index (χ0) is 14.2. The van der Waals surface area contributed by atoms with Crippen molar-refractivity contribution < 1.29 is 14.3 Å². The molecule has 0 fully saturated rings. The summed E-state index contributed by atoms with van der Waals surface area (Å²) in [5, 5.41) is 0. The molecule has 3 nitrogen and oxygen atoms in total. The highest BCUT2D eigenvalue weighted by molar-refractivity contribution is 5.99. The molecule has 0 bridgehead atoms. The van der Waals surface area contributed by atoms with Crippen molar-refractivity contribution in [2.75, 3.05) is 26.9 Å². The summed E-state index contributed by atoms with van der Waals surface area (Å²) >= 11 is 0. The van der Waals surface area contributed by atoms with Gasteiger partial charge in [0, 0.05) is 25.2 Å². The smallest absolute Gasteiger partial charge is 0.166 e. The van der Waals surface area contributed by atoms with Crippen molar-refractivity contribution >= 4 is 5.78 Å². The molecule has 1 aliphatic carbocycles. The summed E-state index contributed by atoms with van der Waals surface area (Å²) < 4.78 is 10.4. The predicted octanol–water partition coefficient (Wildman–Crippen LogP) is 3.27. The molecule has 0 heterocycles. The molecule has 1 atom stereocenters. The van der Waals surface area contributed by atoms with Crippen LogP contribution in [0.3, 0.4) is 0 Å². The summed E-state index contributed by atoms with van der Waals surface area (Å²) in [6.45, 7) is 1.99. The van der Waals surface area contributed by atoms with Crippen molar-refractivity contribution in [3.8, 4) is 0 Å². The van der Waals surface area contributed by atoms with Gasteiger partial charge in [-0.25, -0.2) is 0 Å². The van der Waals surface area contributed by atoms with Gasteiger partial charge < -0.3 is 9.47 Å². The SMILES string of the molecule is COCCOCCCC1CCCc2ccccc2C1=O. The lowest BCUT2D eigenvalue weighted by Gasteiger charge is -2.13. The van der Waals surface area contributed by atoms with E-state index in [1.165, 1.54) is 5.56 Å². The van der Waals surface area contributed by atoms with Crippen LogP contribution >= 0.6 is 0 Å². The van der Waals surface area contributed by atoms with Crippen molar-refractivity contribution in [2.24, 2.45) is 5.92 Å². The molecule has 0 spiro atoms. The molecule has 1 aromatic rings. The summed E-state index contributed by atoms with van der Waals surface area (Å²) in [6.07, 6.45) is 5.02. The number of fused-ring (bicyclic) bond motifs is 1. The number of hydrogen-bond donors (Lipinski definition) is 0. The fourth-order valence-electron chi connectivity index (χ4n) is 2.82. The second-order valence-corrected chi connectivity index (χ2v) is 5.36. The molecule has 0 saturated carbocycles. The molecule has 0 saturated heterocycles. The number of ketones is 1. The number of aryl methyl sites for hydroxylation is 1. The summed E-state index contributed by atoms with van der Waals surface area (Å²) in [6, 6.07) is 8.05. The van der Waals surface area contributed by atoms with E-state index in [9.17, 15) is 4.79 Å². The standard InChI is InChI=1S/C17H24O3/c1-19-12-13-20-11-5-9-15-8-4-7-14-6-2-3-10-16(14)17(15)18/h2-3,6,10,15H,4-5,7-9,11-13H2,1H3. The van der Waals surface area contributed by atoms with Crippen molar-refractivity contribution in [3.63, 3.8) is 0 Å². The van der Waals surface area contributed by atoms with Crippen LogP contribution in [0.1, 0.15) is 41.6 Å². The highest BCUT2D eigenvalue weighted by atomic mass is 16.5. The van der Waals surface area contributed by atoms with Gasteiger partial charge in [-0.05, 0) is 37.7 Å². The van der Waals surface area contributed by atoms with Gasteiger partial charge in [0.25, 0.3) is 0 Å². The third-order valence-electron chi connectivity index (χ3n) is 3.93. The van der Waals surface area contributed by atoms with Crippen LogP contribution in [0, 0.1) is 5.92 Å². The second kappa shape index (κ2) is 8.18. The Morgan fingerprint density at radius 2 is 2.05 bits per heavy atom. The van der Waals surface area contributed by atoms with Crippen molar-refractivity contribution in [2.45, 2.75) is 32.1 Å². The summed E-state index contributed by atoms with van der Waals surface area (Å²) in [7, 11) is 1.67. The van der Waals surface area contributed by atoms with Gasteiger partial charge in [0.1, 0.15) is 0 Å². The van der Waals surface area contributed by atoms with Gasteiger partial charge in [-0.15, -0.1) is 0 Å². The first kappa shape index (κ1) is 15.2. The minimum atomic E-state index is 0.171. The van der Waals surface area contributed by atoms with Gasteiger partial charge >= 0.3 is 0 Å². The fraction of sp³-hybridized carbons (Fsp3) is 0.588. The zero-order valence-corrected chi connectivity index (χ0v) is 12.3. The molecule has 0 radical (unpaired) electrons. The molecule has 1 aliphatic rings. The summed E-state index contributed by atoms with van der Waals surface area (Å²) in [4.78, 5) is 12.5. The zero-order valence-electron chi connectivity index (χ0n) is 12.3. The van der Waals surface area contributed by atoms with Crippen LogP contribution in [0.2, 0.25) is 0 Å². The van der Waals surface area contributed by atoms with Crippen LogP contribution in [-0.4, -0.2) is 32.7 Å². The Morgan fingerprint density at radius 1 is 1.20 bits per heavy atom. The maximum atomic E-state index is 12.5. The molecular weight excluding hydrogens is 252 g/mol. The van der Waals surface area contributed by atoms with E-state index in [-0.39, 0.29) is 5.92 Å². The molecule has 1 unspecified atom stereocenters. The number of hydrogen-bond acceptors (Lipinski definition) is 3. The van der Waals surface area contributed by atoms with Gasteiger partial charge in [0.05, 0.1) is 13.2 Å². The lowest BCUT2D eigenvalue weighted by atomic mass is 9.91. The lowest BCUT2D eigenvalue weighted by molar-refractivity contribution is 0.0657. The third kappa shape index (κ3) is 4.15. The van der Waals surface area contributed by atoms with E-state index in [0.717, 1.165) is 44.3 Å². The Hall–Kier alpha value is -1.19. The van der Waals surface area contributed by atoms with Crippen LogP contribution in [0.4, 0.5) is 0 Å². The molecule has 1 aromatic carbocycles. The van der Waals surface area contributed by atoms with Gasteiger partial charge in [-0.3, -0.25) is 4.79 Å². The maximum Gasteiger partial charge on any atom is 0.166 e. The highest BCUT2D eigenvalue weighted by Gasteiger charge is 2.24. The Kier molecular flexibility index (Phi) is 6.22. The maximum absolute atomic E-state index is 12.5. The monoisotopic (exact) mass is 276 g/mol. The van der Waals surface area contributed by atoms with Crippen molar-refractivity contribution in [3.05, 3.63) is 35.4 Å². The molecule has 20 heavy (non-hydrogen) atoms. The average Bonchev–Trinajstić information content (AvgIpc) is 2.63. The first-order valence-electron chi connectivity index (χ1n) is 7.51. The third-order valence-corrected chi connectivity index (χ3v) is 3.93. The van der Waals surface area contributed by atoms with Crippen LogP contribution < -0.4 is 0 Å². The summed E-state index contributed by atoms with van der Waals surface area (Å²) in [5.74, 6) is 0.500. The minimum Gasteiger partial charge on any atom is -0.382 e. The highest BCUT2D eigenvalue weighted by Crippen LogP contribution is 2.27.